The molecule has 0 bridgehead atoms. The van der Waals surface area contributed by atoms with E-state index in [0.29, 0.717) is 5.41 Å². The molecule has 3 aromatic carbocycles. The van der Waals surface area contributed by atoms with Crippen molar-refractivity contribution >= 4 is 4.26 Å². The van der Waals surface area contributed by atoms with Crippen molar-refractivity contribution in [1.82, 2.24) is 0 Å². The average molecular weight is 676 g/mol. The summed E-state index contributed by atoms with van der Waals surface area (Å²) in [5.41, 5.74) is 11.9. The third kappa shape index (κ3) is 8.87. The van der Waals surface area contributed by atoms with Crippen molar-refractivity contribution in [3.8, 4) is 11.1 Å². The van der Waals surface area contributed by atoms with Gasteiger partial charge in [-0.3, -0.25) is 0 Å². The first-order chi connectivity index (χ1) is 15.2. The van der Waals surface area contributed by atoms with Crippen molar-refractivity contribution < 1.29 is 48.7 Å². The van der Waals surface area contributed by atoms with Crippen LogP contribution in [0.3, 0.4) is 0 Å². The predicted molar refractivity (Wildman–Crippen MR) is 144 cm³/mol. The van der Waals surface area contributed by atoms with Gasteiger partial charge in [-0.05, 0) is 17.4 Å². The van der Waals surface area contributed by atoms with Crippen LogP contribution in [0.15, 0.2) is 48.5 Å². The standard InChI is InChI=1S/C21H25.C10H15.CH2.2ClH.Hf/c1-20(2,3)16-9-7-14-11-15-8-10-17(21(4,5)6)13-19(15)18(14)12-16;1-8-5-6-9(7-8)10(2,3)4;;;;/h7,9-10,12-13H,11H2,1-6H3;5-7H,1-4H3;1H2;2*1H;/q2*-1;;;;+2/p-2. The molecule has 0 saturated carbocycles. The molecule has 1 aliphatic rings. The molecule has 35 heavy (non-hydrogen) atoms. The predicted octanol–water partition coefficient (Wildman–Crippen LogP) is 2.64. The Labute approximate surface area is 242 Å². The molecule has 0 amide bonds. The Hall–Kier alpha value is -0.890. The fourth-order valence-corrected chi connectivity index (χ4v) is 4.01. The topological polar surface area (TPSA) is 0 Å². The van der Waals surface area contributed by atoms with Crippen LogP contribution in [0, 0.1) is 13.0 Å². The Morgan fingerprint density at radius 3 is 1.69 bits per heavy atom. The van der Waals surface area contributed by atoms with E-state index in [1.807, 2.05) is 0 Å². The zero-order valence-electron chi connectivity index (χ0n) is 23.3. The molecular weight excluding hydrogens is 634 g/mol. The first-order valence-electron chi connectivity index (χ1n) is 11.9. The van der Waals surface area contributed by atoms with E-state index in [4.69, 9.17) is 0 Å². The van der Waals surface area contributed by atoms with Gasteiger partial charge in [0.1, 0.15) is 0 Å². The molecule has 0 spiro atoms. The van der Waals surface area contributed by atoms with Gasteiger partial charge in [0, 0.05) is 0 Å². The fraction of sp³-hybridized carbons (Fsp3) is 0.438. The van der Waals surface area contributed by atoms with Gasteiger partial charge in [-0.25, -0.2) is 6.07 Å². The van der Waals surface area contributed by atoms with Gasteiger partial charge in [0.15, 0.2) is 0 Å². The van der Waals surface area contributed by atoms with Crippen LogP contribution in [-0.4, -0.2) is 4.26 Å². The van der Waals surface area contributed by atoms with Crippen molar-refractivity contribution in [2.24, 2.45) is 0 Å². The minimum absolute atomic E-state index is 0. The molecule has 0 aliphatic heterocycles. The number of halogens is 2. The second-order valence-corrected chi connectivity index (χ2v) is 12.3. The summed E-state index contributed by atoms with van der Waals surface area (Å²) in [5.74, 6) is 0. The normalized spacial score (nSPS) is 12.0. The third-order valence-electron chi connectivity index (χ3n) is 6.30. The fourth-order valence-electron chi connectivity index (χ4n) is 4.01. The summed E-state index contributed by atoms with van der Waals surface area (Å²) in [6.45, 7) is 22.5. The number of rotatable bonds is 0. The first-order valence-corrected chi connectivity index (χ1v) is 14.5. The van der Waals surface area contributed by atoms with Crippen molar-refractivity contribution in [2.75, 3.05) is 0 Å². The molecular formula is C32H42Cl2Hf-2. The molecule has 4 rings (SSSR count). The van der Waals surface area contributed by atoms with Gasteiger partial charge in [-0.2, -0.15) is 52.6 Å². The first kappa shape index (κ1) is 34.1. The van der Waals surface area contributed by atoms with Crippen LogP contribution in [-0.2, 0) is 46.6 Å². The zero-order chi connectivity index (χ0) is 25.2. The summed E-state index contributed by atoms with van der Waals surface area (Å²) in [4.78, 5) is 0. The molecule has 0 heterocycles. The van der Waals surface area contributed by atoms with E-state index in [-0.39, 0.29) is 35.6 Å². The van der Waals surface area contributed by atoms with Gasteiger partial charge in [-0.1, -0.05) is 109 Å². The molecule has 3 aromatic rings. The van der Waals surface area contributed by atoms with E-state index in [0.717, 1.165) is 30.3 Å². The zero-order valence-corrected chi connectivity index (χ0v) is 28.4. The van der Waals surface area contributed by atoms with E-state index in [9.17, 15) is 0 Å². The maximum atomic E-state index is 3.53. The average Bonchev–Trinajstić information content (AvgIpc) is 3.31. The van der Waals surface area contributed by atoms with Gasteiger partial charge in [-0.15, -0.1) is 5.56 Å². The Kier molecular flexibility index (Phi) is 12.7. The Bertz CT molecular complexity index is 1020. The molecule has 3 heteroatoms. The SMILES string of the molecule is CC(C)(C)c1c[c-]c2c(c1)-c1cc(C(C)(C)C)ccc1C2.Cc1cc(C(C)(C)C)c[cH-]1.[CH2]=[Hf+2].[Cl-].[Cl-]. The van der Waals surface area contributed by atoms with Crippen molar-refractivity contribution in [1.29, 1.82) is 0 Å². The van der Waals surface area contributed by atoms with E-state index >= 15 is 0 Å². The Morgan fingerprint density at radius 2 is 1.26 bits per heavy atom. The van der Waals surface area contributed by atoms with Crippen LogP contribution in [0.4, 0.5) is 0 Å². The second kappa shape index (κ2) is 13.1. The van der Waals surface area contributed by atoms with Gasteiger partial charge >= 0.3 is 28.2 Å². The van der Waals surface area contributed by atoms with Crippen LogP contribution >= 0.6 is 0 Å². The molecule has 0 N–H and O–H groups in total. The van der Waals surface area contributed by atoms with Gasteiger partial charge in [0.2, 0.25) is 0 Å². The number of hydrogen-bond donors (Lipinski definition) is 0. The molecule has 1 aliphatic carbocycles. The molecule has 0 unspecified atom stereocenters. The van der Waals surface area contributed by atoms with Crippen LogP contribution < -0.4 is 24.8 Å². The van der Waals surface area contributed by atoms with Crippen LogP contribution in [0.1, 0.15) is 95.7 Å². The number of benzene rings is 2. The second-order valence-electron chi connectivity index (χ2n) is 12.3. The monoisotopic (exact) mass is 676 g/mol. The molecule has 0 aromatic heterocycles. The Balaban J connectivity index is 0.000000705. The third-order valence-corrected chi connectivity index (χ3v) is 6.30. The molecule has 0 radical (unpaired) electrons. The largest absolute Gasteiger partial charge is 1.00 e. The maximum Gasteiger partial charge on any atom is -1.00 e. The van der Waals surface area contributed by atoms with Crippen LogP contribution in [0.2, 0.25) is 0 Å². The van der Waals surface area contributed by atoms with E-state index in [1.165, 1.54) is 44.5 Å². The van der Waals surface area contributed by atoms with Crippen LogP contribution in [0.5, 0.6) is 0 Å². The summed E-state index contributed by atoms with van der Waals surface area (Å²) in [7, 11) is 0. The van der Waals surface area contributed by atoms with E-state index < -0.39 is 0 Å². The molecule has 0 fully saturated rings. The van der Waals surface area contributed by atoms with Gasteiger partial charge in [0.25, 0.3) is 0 Å². The number of fused-ring (bicyclic) bond motifs is 3. The van der Waals surface area contributed by atoms with Crippen molar-refractivity contribution in [2.45, 2.75) is 91.9 Å². The minimum atomic E-state index is 0. The summed E-state index contributed by atoms with van der Waals surface area (Å²) in [6.07, 6.45) is 1.03. The number of hydrogen-bond acceptors (Lipinski definition) is 0. The molecule has 0 saturated heterocycles. The Morgan fingerprint density at radius 1 is 0.743 bits per heavy atom. The number of aryl methyl sites for hydroxylation is 1. The quantitative estimate of drug-likeness (QED) is 0.199. The van der Waals surface area contributed by atoms with Crippen LogP contribution in [0.25, 0.3) is 11.1 Å². The summed E-state index contributed by atoms with van der Waals surface area (Å²) in [6, 6.07) is 21.7. The van der Waals surface area contributed by atoms with E-state index in [1.54, 1.807) is 0 Å². The molecule has 190 valence electrons. The van der Waals surface area contributed by atoms with E-state index in [2.05, 4.69) is 128 Å². The van der Waals surface area contributed by atoms with Crippen molar-refractivity contribution in [3.05, 3.63) is 88.0 Å². The minimum Gasteiger partial charge on any atom is -1.00 e. The molecule has 0 nitrogen and oxygen atoms in total. The maximum absolute atomic E-state index is 3.53. The summed E-state index contributed by atoms with van der Waals surface area (Å²) in [5, 5.41) is 0. The summed E-state index contributed by atoms with van der Waals surface area (Å²) >= 11 is 1.06. The van der Waals surface area contributed by atoms with Gasteiger partial charge < -0.3 is 24.8 Å². The van der Waals surface area contributed by atoms with Gasteiger partial charge in [0.05, 0.1) is 0 Å². The molecule has 0 atom stereocenters. The smallest absolute Gasteiger partial charge is 1.00 e. The summed E-state index contributed by atoms with van der Waals surface area (Å²) < 4.78 is 3.39. The van der Waals surface area contributed by atoms with Crippen molar-refractivity contribution in [3.63, 3.8) is 0 Å².